The normalized spacial score (nSPS) is 10.7. The lowest BCUT2D eigenvalue weighted by atomic mass is 10.1. The van der Waals surface area contributed by atoms with E-state index < -0.39 is 11.9 Å². The third-order valence-corrected chi connectivity index (χ3v) is 2.96. The van der Waals surface area contributed by atoms with Gasteiger partial charge in [-0.3, -0.25) is 4.79 Å². The molecule has 23 heavy (non-hydrogen) atoms. The molecule has 2 rings (SSSR count). The van der Waals surface area contributed by atoms with Crippen molar-refractivity contribution in [2.45, 2.75) is 0 Å². The van der Waals surface area contributed by atoms with Crippen molar-refractivity contribution in [3.05, 3.63) is 65.2 Å². The third-order valence-electron chi connectivity index (χ3n) is 2.96. The molecule has 114 valence electrons. The van der Waals surface area contributed by atoms with Crippen molar-refractivity contribution in [3.63, 3.8) is 0 Å². The van der Waals surface area contributed by atoms with Crippen LogP contribution in [0.2, 0.25) is 0 Å². The first-order chi connectivity index (χ1) is 11.0. The number of amides is 1. The number of nitriles is 1. The summed E-state index contributed by atoms with van der Waals surface area (Å²) in [7, 11) is 0. The van der Waals surface area contributed by atoms with Crippen molar-refractivity contribution in [1.82, 2.24) is 0 Å². The molecule has 6 nitrogen and oxygen atoms in total. The number of carbonyl (C=O) groups is 2. The Balaban J connectivity index is 2.17. The number of anilines is 1. The van der Waals surface area contributed by atoms with Gasteiger partial charge in [-0.05, 0) is 48.0 Å². The Hall–Kier alpha value is -3.59. The standard InChI is InChI=1S/C17H12N2O4/c18-10-13(9-11-1-3-12(4-2-11)17(22)23)16(21)19-14-5-7-15(20)8-6-14/h1-9,20H,(H,19,21)(H,22,23)/b13-9-. The number of phenols is 1. The van der Waals surface area contributed by atoms with E-state index in [0.29, 0.717) is 11.3 Å². The average molecular weight is 308 g/mol. The molecule has 1 amide bonds. The summed E-state index contributed by atoms with van der Waals surface area (Å²) in [6, 6.07) is 13.4. The van der Waals surface area contributed by atoms with E-state index in [1.54, 1.807) is 6.07 Å². The van der Waals surface area contributed by atoms with Crippen LogP contribution in [0.1, 0.15) is 15.9 Å². The topological polar surface area (TPSA) is 110 Å². The lowest BCUT2D eigenvalue weighted by Crippen LogP contribution is -2.13. The summed E-state index contributed by atoms with van der Waals surface area (Å²) in [5.74, 6) is -1.58. The molecular weight excluding hydrogens is 296 g/mol. The van der Waals surface area contributed by atoms with Crippen molar-refractivity contribution in [3.8, 4) is 11.8 Å². The van der Waals surface area contributed by atoms with E-state index >= 15 is 0 Å². The minimum atomic E-state index is -1.05. The van der Waals surface area contributed by atoms with Crippen LogP contribution in [0.3, 0.4) is 0 Å². The lowest BCUT2D eigenvalue weighted by molar-refractivity contribution is -0.112. The Morgan fingerprint density at radius 1 is 1.04 bits per heavy atom. The van der Waals surface area contributed by atoms with E-state index in [1.165, 1.54) is 54.6 Å². The number of aromatic carboxylic acids is 1. The zero-order chi connectivity index (χ0) is 16.8. The molecule has 0 saturated heterocycles. The largest absolute Gasteiger partial charge is 0.508 e. The van der Waals surface area contributed by atoms with E-state index in [4.69, 9.17) is 10.4 Å². The van der Waals surface area contributed by atoms with Gasteiger partial charge in [-0.15, -0.1) is 0 Å². The van der Waals surface area contributed by atoms with Gasteiger partial charge in [-0.25, -0.2) is 4.79 Å². The SMILES string of the molecule is N#C/C(=C/c1ccc(C(=O)O)cc1)C(=O)Nc1ccc(O)cc1. The molecule has 0 unspecified atom stereocenters. The van der Waals surface area contributed by atoms with Crippen LogP contribution >= 0.6 is 0 Å². The number of hydrogen-bond acceptors (Lipinski definition) is 4. The molecule has 0 spiro atoms. The predicted octanol–water partition coefficient (Wildman–Crippen LogP) is 2.64. The fourth-order valence-electron chi connectivity index (χ4n) is 1.78. The first-order valence-corrected chi connectivity index (χ1v) is 6.55. The molecule has 6 heteroatoms. The number of rotatable bonds is 4. The minimum absolute atomic E-state index is 0.0672. The first-order valence-electron chi connectivity index (χ1n) is 6.55. The lowest BCUT2D eigenvalue weighted by Gasteiger charge is -2.04. The van der Waals surface area contributed by atoms with Crippen LogP contribution in [-0.4, -0.2) is 22.1 Å². The van der Waals surface area contributed by atoms with Crippen molar-refractivity contribution in [1.29, 1.82) is 5.26 Å². The molecule has 2 aromatic carbocycles. The number of nitrogens with zero attached hydrogens (tertiary/aromatic N) is 1. The van der Waals surface area contributed by atoms with Crippen molar-refractivity contribution >= 4 is 23.6 Å². The van der Waals surface area contributed by atoms with E-state index in [2.05, 4.69) is 5.32 Å². The highest BCUT2D eigenvalue weighted by molar-refractivity contribution is 6.09. The Morgan fingerprint density at radius 2 is 1.65 bits per heavy atom. The van der Waals surface area contributed by atoms with Crippen molar-refractivity contribution in [2.24, 2.45) is 0 Å². The van der Waals surface area contributed by atoms with E-state index in [1.807, 2.05) is 0 Å². The first kappa shape index (κ1) is 15.8. The van der Waals surface area contributed by atoms with Crippen LogP contribution in [0.4, 0.5) is 5.69 Å². The van der Waals surface area contributed by atoms with Gasteiger partial charge in [0, 0.05) is 5.69 Å². The number of carbonyl (C=O) groups excluding carboxylic acids is 1. The van der Waals surface area contributed by atoms with E-state index in [0.717, 1.165) is 0 Å². The molecule has 0 aromatic heterocycles. The zero-order valence-corrected chi connectivity index (χ0v) is 11.9. The number of carboxylic acid groups (broad SMARTS) is 1. The summed E-state index contributed by atoms with van der Waals surface area (Å²) in [6.07, 6.45) is 1.36. The fourth-order valence-corrected chi connectivity index (χ4v) is 1.78. The number of hydrogen-bond donors (Lipinski definition) is 3. The van der Waals surface area contributed by atoms with Gasteiger partial charge in [-0.1, -0.05) is 12.1 Å². The second-order valence-corrected chi connectivity index (χ2v) is 4.60. The van der Waals surface area contributed by atoms with Crippen LogP contribution in [-0.2, 0) is 4.79 Å². The maximum absolute atomic E-state index is 12.0. The van der Waals surface area contributed by atoms with Crippen molar-refractivity contribution < 1.29 is 19.8 Å². The van der Waals surface area contributed by atoms with Gasteiger partial charge < -0.3 is 15.5 Å². The van der Waals surface area contributed by atoms with Gasteiger partial charge >= 0.3 is 5.97 Å². The van der Waals surface area contributed by atoms with Crippen LogP contribution in [0, 0.1) is 11.3 Å². The Kier molecular flexibility index (Phi) is 4.75. The quantitative estimate of drug-likeness (QED) is 0.457. The number of phenolic OH excluding ortho intramolecular Hbond substituents is 1. The molecule has 0 atom stereocenters. The minimum Gasteiger partial charge on any atom is -0.508 e. The molecule has 0 radical (unpaired) electrons. The smallest absolute Gasteiger partial charge is 0.335 e. The highest BCUT2D eigenvalue weighted by Gasteiger charge is 2.10. The van der Waals surface area contributed by atoms with Crippen molar-refractivity contribution in [2.75, 3.05) is 5.32 Å². The summed E-state index contributed by atoms with van der Waals surface area (Å²) in [5.41, 5.74) is 0.970. The molecule has 3 N–H and O–H groups in total. The Bertz CT molecular complexity index is 800. The van der Waals surface area contributed by atoms with Gasteiger partial charge in [0.05, 0.1) is 5.56 Å². The Morgan fingerprint density at radius 3 is 2.17 bits per heavy atom. The summed E-state index contributed by atoms with van der Waals surface area (Å²) >= 11 is 0. The molecule has 0 aliphatic rings. The summed E-state index contributed by atoms with van der Waals surface area (Å²) in [4.78, 5) is 22.8. The molecule has 0 fully saturated rings. The summed E-state index contributed by atoms with van der Waals surface area (Å²) < 4.78 is 0. The molecule has 0 heterocycles. The number of benzene rings is 2. The Labute approximate surface area is 131 Å². The third kappa shape index (κ3) is 4.19. The average Bonchev–Trinajstić information content (AvgIpc) is 2.55. The van der Waals surface area contributed by atoms with Gasteiger partial charge in [-0.2, -0.15) is 5.26 Å². The molecule has 0 saturated carbocycles. The maximum Gasteiger partial charge on any atom is 0.335 e. The van der Waals surface area contributed by atoms with Crippen LogP contribution in [0.5, 0.6) is 5.75 Å². The number of nitrogens with one attached hydrogen (secondary N) is 1. The van der Waals surface area contributed by atoms with E-state index in [9.17, 15) is 14.7 Å². The highest BCUT2D eigenvalue weighted by Crippen LogP contribution is 2.15. The van der Waals surface area contributed by atoms with Gasteiger partial charge in [0.15, 0.2) is 0 Å². The molecule has 2 aromatic rings. The van der Waals surface area contributed by atoms with Gasteiger partial charge in [0.2, 0.25) is 0 Å². The van der Waals surface area contributed by atoms with Gasteiger partial charge in [0.1, 0.15) is 17.4 Å². The van der Waals surface area contributed by atoms with Crippen LogP contribution in [0.25, 0.3) is 6.08 Å². The van der Waals surface area contributed by atoms with E-state index in [-0.39, 0.29) is 16.9 Å². The zero-order valence-electron chi connectivity index (χ0n) is 11.9. The fraction of sp³-hybridized carbons (Fsp3) is 0. The number of carboxylic acids is 1. The monoisotopic (exact) mass is 308 g/mol. The predicted molar refractivity (Wildman–Crippen MR) is 83.7 cm³/mol. The van der Waals surface area contributed by atoms with Crippen LogP contribution < -0.4 is 5.32 Å². The molecule has 0 bridgehead atoms. The molecule has 0 aliphatic heterocycles. The maximum atomic E-state index is 12.0. The second kappa shape index (κ2) is 6.91. The number of aromatic hydroxyl groups is 1. The molecular formula is C17H12N2O4. The second-order valence-electron chi connectivity index (χ2n) is 4.60. The summed E-state index contributed by atoms with van der Waals surface area (Å²) in [6.45, 7) is 0. The molecule has 0 aliphatic carbocycles. The van der Waals surface area contributed by atoms with Crippen LogP contribution in [0.15, 0.2) is 54.1 Å². The highest BCUT2D eigenvalue weighted by atomic mass is 16.4. The summed E-state index contributed by atoms with van der Waals surface area (Å²) in [5, 5.41) is 29.7. The van der Waals surface area contributed by atoms with Gasteiger partial charge in [0.25, 0.3) is 5.91 Å².